The van der Waals surface area contributed by atoms with E-state index in [1.807, 2.05) is 44.2 Å². The van der Waals surface area contributed by atoms with Gasteiger partial charge in [-0.25, -0.2) is 0 Å². The Labute approximate surface area is 144 Å². The second kappa shape index (κ2) is 6.12. The lowest BCUT2D eigenvalue weighted by Crippen LogP contribution is -2.24. The molecule has 1 N–H and O–H groups in total. The molecule has 0 saturated carbocycles. The zero-order valence-corrected chi connectivity index (χ0v) is 14.1. The van der Waals surface area contributed by atoms with Gasteiger partial charge in [0.15, 0.2) is 17.1 Å². The largest absolute Gasteiger partial charge is 0.454 e. The van der Waals surface area contributed by atoms with E-state index in [1.54, 1.807) is 0 Å². The zero-order chi connectivity index (χ0) is 17.4. The highest BCUT2D eigenvalue weighted by atomic mass is 16.7. The fourth-order valence-corrected chi connectivity index (χ4v) is 2.84. The summed E-state index contributed by atoms with van der Waals surface area (Å²) in [5, 5.41) is 7.84. The SMILES string of the molecule is Cc1cc2onc(CC(=O)NCc3ccc4c(c3)OCO4)c2cc1C. The number of benzene rings is 2. The van der Waals surface area contributed by atoms with Gasteiger partial charge in [-0.1, -0.05) is 11.2 Å². The molecule has 6 nitrogen and oxygen atoms in total. The van der Waals surface area contributed by atoms with Gasteiger partial charge >= 0.3 is 0 Å². The van der Waals surface area contributed by atoms with Gasteiger partial charge in [-0.05, 0) is 54.8 Å². The van der Waals surface area contributed by atoms with Gasteiger partial charge in [-0.2, -0.15) is 0 Å². The fraction of sp³-hybridized carbons (Fsp3) is 0.263. The van der Waals surface area contributed by atoms with Crippen LogP contribution in [0.25, 0.3) is 11.0 Å². The number of nitrogens with zero attached hydrogens (tertiary/aromatic N) is 1. The van der Waals surface area contributed by atoms with Gasteiger partial charge in [0, 0.05) is 11.9 Å². The molecule has 1 aliphatic rings. The summed E-state index contributed by atoms with van der Waals surface area (Å²) in [7, 11) is 0. The van der Waals surface area contributed by atoms with E-state index in [2.05, 4.69) is 10.5 Å². The van der Waals surface area contributed by atoms with E-state index in [0.717, 1.165) is 27.8 Å². The number of amides is 1. The van der Waals surface area contributed by atoms with Crippen LogP contribution in [0, 0.1) is 13.8 Å². The topological polar surface area (TPSA) is 73.6 Å². The second-order valence-corrected chi connectivity index (χ2v) is 6.20. The van der Waals surface area contributed by atoms with Crippen LogP contribution in [0.2, 0.25) is 0 Å². The third kappa shape index (κ3) is 3.03. The summed E-state index contributed by atoms with van der Waals surface area (Å²) in [6.45, 7) is 4.72. The Morgan fingerprint density at radius 1 is 1.12 bits per heavy atom. The van der Waals surface area contributed by atoms with Crippen molar-refractivity contribution in [2.75, 3.05) is 6.79 Å². The van der Waals surface area contributed by atoms with Crippen LogP contribution in [-0.2, 0) is 17.8 Å². The lowest BCUT2D eigenvalue weighted by Gasteiger charge is -2.05. The molecule has 0 radical (unpaired) electrons. The van der Waals surface area contributed by atoms with Gasteiger partial charge in [0.25, 0.3) is 0 Å². The fourth-order valence-electron chi connectivity index (χ4n) is 2.84. The van der Waals surface area contributed by atoms with Gasteiger partial charge in [-0.15, -0.1) is 0 Å². The quantitative estimate of drug-likeness (QED) is 0.791. The first kappa shape index (κ1) is 15.5. The molecule has 25 heavy (non-hydrogen) atoms. The second-order valence-electron chi connectivity index (χ2n) is 6.20. The van der Waals surface area contributed by atoms with Crippen LogP contribution in [0.5, 0.6) is 11.5 Å². The summed E-state index contributed by atoms with van der Waals surface area (Å²) >= 11 is 0. The number of fused-ring (bicyclic) bond motifs is 2. The van der Waals surface area contributed by atoms with Gasteiger partial charge in [0.2, 0.25) is 12.7 Å². The van der Waals surface area contributed by atoms with Gasteiger partial charge in [0.05, 0.1) is 6.42 Å². The number of ether oxygens (including phenoxy) is 2. The molecule has 0 fully saturated rings. The maximum absolute atomic E-state index is 12.3. The van der Waals surface area contributed by atoms with E-state index >= 15 is 0 Å². The molecule has 4 rings (SSSR count). The monoisotopic (exact) mass is 338 g/mol. The molecular formula is C19H18N2O4. The van der Waals surface area contributed by atoms with E-state index < -0.39 is 0 Å². The smallest absolute Gasteiger partial charge is 0.231 e. The predicted molar refractivity (Wildman–Crippen MR) is 91.6 cm³/mol. The highest BCUT2D eigenvalue weighted by Gasteiger charge is 2.15. The van der Waals surface area contributed by atoms with Crippen LogP contribution in [0.15, 0.2) is 34.9 Å². The molecule has 1 aromatic heterocycles. The maximum atomic E-state index is 12.3. The van der Waals surface area contributed by atoms with Crippen molar-refractivity contribution in [1.82, 2.24) is 10.5 Å². The molecule has 128 valence electrons. The molecular weight excluding hydrogens is 320 g/mol. The molecule has 0 saturated heterocycles. The Bertz CT molecular complexity index is 961. The number of aromatic nitrogens is 1. The minimum absolute atomic E-state index is 0.105. The number of carbonyl (C=O) groups is 1. The van der Waals surface area contributed by atoms with E-state index in [4.69, 9.17) is 14.0 Å². The maximum Gasteiger partial charge on any atom is 0.231 e. The molecule has 3 aromatic rings. The van der Waals surface area contributed by atoms with Gasteiger partial charge in [0.1, 0.15) is 5.69 Å². The Kier molecular flexibility index (Phi) is 3.80. The number of aryl methyl sites for hydroxylation is 2. The molecule has 2 heterocycles. The summed E-state index contributed by atoms with van der Waals surface area (Å²) in [5.41, 5.74) is 4.61. The van der Waals surface area contributed by atoms with E-state index in [0.29, 0.717) is 23.6 Å². The summed E-state index contributed by atoms with van der Waals surface area (Å²) in [6.07, 6.45) is 0.181. The highest BCUT2D eigenvalue weighted by Crippen LogP contribution is 2.32. The summed E-state index contributed by atoms with van der Waals surface area (Å²) in [4.78, 5) is 12.3. The lowest BCUT2D eigenvalue weighted by molar-refractivity contribution is -0.120. The molecule has 6 heteroatoms. The van der Waals surface area contributed by atoms with Crippen molar-refractivity contribution in [2.24, 2.45) is 0 Å². The summed E-state index contributed by atoms with van der Waals surface area (Å²) < 4.78 is 16.0. The first-order valence-electron chi connectivity index (χ1n) is 8.11. The number of hydrogen-bond acceptors (Lipinski definition) is 5. The Morgan fingerprint density at radius 3 is 2.80 bits per heavy atom. The highest BCUT2D eigenvalue weighted by molar-refractivity contribution is 5.87. The molecule has 2 aromatic carbocycles. The van der Waals surface area contributed by atoms with Crippen molar-refractivity contribution in [3.8, 4) is 11.5 Å². The van der Waals surface area contributed by atoms with Crippen LogP contribution in [0.1, 0.15) is 22.4 Å². The number of carbonyl (C=O) groups excluding carboxylic acids is 1. The minimum Gasteiger partial charge on any atom is -0.454 e. The van der Waals surface area contributed by atoms with Crippen LogP contribution >= 0.6 is 0 Å². The molecule has 0 bridgehead atoms. The van der Waals surface area contributed by atoms with Crippen LogP contribution < -0.4 is 14.8 Å². The Hall–Kier alpha value is -3.02. The summed E-state index contributed by atoms with van der Waals surface area (Å²) in [6, 6.07) is 9.60. The van der Waals surface area contributed by atoms with Crippen molar-refractivity contribution < 1.29 is 18.8 Å². The zero-order valence-electron chi connectivity index (χ0n) is 14.1. The van der Waals surface area contributed by atoms with Crippen molar-refractivity contribution in [3.63, 3.8) is 0 Å². The third-order valence-electron chi connectivity index (χ3n) is 4.42. The third-order valence-corrected chi connectivity index (χ3v) is 4.42. The molecule has 0 atom stereocenters. The molecule has 0 unspecified atom stereocenters. The van der Waals surface area contributed by atoms with Crippen molar-refractivity contribution >= 4 is 16.9 Å². The van der Waals surface area contributed by atoms with Crippen molar-refractivity contribution in [2.45, 2.75) is 26.8 Å². The van der Waals surface area contributed by atoms with E-state index in [9.17, 15) is 4.79 Å². The molecule has 0 aliphatic carbocycles. The molecule has 1 aliphatic heterocycles. The average molecular weight is 338 g/mol. The molecule has 0 spiro atoms. The van der Waals surface area contributed by atoms with E-state index in [-0.39, 0.29) is 19.1 Å². The lowest BCUT2D eigenvalue weighted by atomic mass is 10.1. The van der Waals surface area contributed by atoms with Crippen LogP contribution in [-0.4, -0.2) is 17.9 Å². The van der Waals surface area contributed by atoms with Gasteiger partial charge < -0.3 is 19.3 Å². The standard InChI is InChI=1S/C19H18N2O4/c1-11-5-14-15(21-25-17(14)6-12(11)2)8-19(22)20-9-13-3-4-16-18(7-13)24-10-23-16/h3-7H,8-10H2,1-2H3,(H,20,22). The van der Waals surface area contributed by atoms with E-state index in [1.165, 1.54) is 0 Å². The Morgan fingerprint density at radius 2 is 1.92 bits per heavy atom. The normalized spacial score (nSPS) is 12.6. The van der Waals surface area contributed by atoms with Gasteiger partial charge in [-0.3, -0.25) is 4.79 Å². The number of nitrogens with one attached hydrogen (secondary N) is 1. The van der Waals surface area contributed by atoms with Crippen LogP contribution in [0.3, 0.4) is 0 Å². The summed E-state index contributed by atoms with van der Waals surface area (Å²) in [5.74, 6) is 1.33. The minimum atomic E-state index is -0.105. The number of hydrogen-bond donors (Lipinski definition) is 1. The predicted octanol–water partition coefficient (Wildman–Crippen LogP) is 3.03. The first-order valence-corrected chi connectivity index (χ1v) is 8.11. The van der Waals surface area contributed by atoms with Crippen molar-refractivity contribution in [1.29, 1.82) is 0 Å². The molecule has 1 amide bonds. The Balaban J connectivity index is 1.43. The first-order chi connectivity index (χ1) is 12.1. The van der Waals surface area contributed by atoms with Crippen LogP contribution in [0.4, 0.5) is 0 Å². The van der Waals surface area contributed by atoms with Crippen molar-refractivity contribution in [3.05, 3.63) is 52.7 Å². The average Bonchev–Trinajstić information content (AvgIpc) is 3.20. The number of rotatable bonds is 4.